The maximum absolute atomic E-state index is 14.1. The number of anilines is 4. The third kappa shape index (κ3) is 22.2. The van der Waals surface area contributed by atoms with Gasteiger partial charge in [-0.15, -0.1) is 0 Å². The van der Waals surface area contributed by atoms with Gasteiger partial charge >= 0.3 is 24.0 Å². The van der Waals surface area contributed by atoms with Crippen molar-refractivity contribution in [2.24, 2.45) is 0 Å². The van der Waals surface area contributed by atoms with E-state index in [0.29, 0.717) is 112 Å². The lowest BCUT2D eigenvalue weighted by molar-refractivity contribution is 0.0269. The number of H-pyrrole nitrogens is 1. The van der Waals surface area contributed by atoms with Crippen LogP contribution >= 0.6 is 15.9 Å². The van der Waals surface area contributed by atoms with Gasteiger partial charge in [-0.1, -0.05) is 33.8 Å². The van der Waals surface area contributed by atoms with Gasteiger partial charge in [0.1, 0.15) is 39.5 Å². The Balaban J connectivity index is 0.000000159. The predicted molar refractivity (Wildman–Crippen MR) is 508 cm³/mol. The van der Waals surface area contributed by atoms with Crippen LogP contribution in [0.25, 0.3) is 49.5 Å². The molecule has 128 heavy (non-hydrogen) atoms. The summed E-state index contributed by atoms with van der Waals surface area (Å²) in [4.78, 5) is 94.0. The van der Waals surface area contributed by atoms with Gasteiger partial charge in [0.2, 0.25) is 0 Å². The van der Waals surface area contributed by atoms with Gasteiger partial charge < -0.3 is 95.3 Å². The number of carbonyl (C=O) groups is 5. The van der Waals surface area contributed by atoms with Crippen molar-refractivity contribution in [3.05, 3.63) is 155 Å². The van der Waals surface area contributed by atoms with Crippen LogP contribution in [0.5, 0.6) is 0 Å². The largest absolute Gasteiger partial charge is 0.465 e. The Morgan fingerprint density at radius 3 is 1.34 bits per heavy atom. The fourth-order valence-corrected chi connectivity index (χ4v) is 20.2. The number of nitrogens with zero attached hydrogens (tertiary/aromatic N) is 6. The highest BCUT2D eigenvalue weighted by Crippen LogP contribution is 2.45. The number of aromatic nitrogens is 1. The summed E-state index contributed by atoms with van der Waals surface area (Å²) in [6.07, 6.45) is 16.8. The number of ether oxygens (including phenoxy) is 8. The number of methoxy groups -OCH3 is 3. The van der Waals surface area contributed by atoms with Crippen LogP contribution in [0.15, 0.2) is 94.1 Å². The van der Waals surface area contributed by atoms with Crippen molar-refractivity contribution in [1.29, 1.82) is 0 Å². The van der Waals surface area contributed by atoms with Gasteiger partial charge in [0, 0.05) is 215 Å². The number of rotatable bonds is 25. The zero-order chi connectivity index (χ0) is 91.8. The number of carbonyl (C=O) groups excluding carboxylic acids is 5. The number of esters is 3. The van der Waals surface area contributed by atoms with E-state index in [4.69, 9.17) is 55.6 Å². The predicted octanol–water partition coefficient (Wildman–Crippen LogP) is 20.0. The van der Waals surface area contributed by atoms with Crippen molar-refractivity contribution in [3.63, 3.8) is 0 Å². The highest BCUT2D eigenvalue weighted by atomic mass is 79.9. The third-order valence-corrected chi connectivity index (χ3v) is 26.6. The average molecular weight is 1830 g/mol. The molecule has 0 spiro atoms. The number of hydrogen-bond donors (Lipinski definition) is 2. The zero-order valence-electron chi connectivity index (χ0n) is 78.9. The maximum atomic E-state index is 14.1. The van der Waals surface area contributed by atoms with E-state index in [0.717, 1.165) is 275 Å². The molecule has 15 rings (SSSR count). The van der Waals surface area contributed by atoms with E-state index in [9.17, 15) is 28.8 Å². The molecule has 2 amide bonds. The molecule has 5 aromatic heterocycles. The minimum atomic E-state index is -0.532. The number of amides is 2. The molecule has 27 heteroatoms. The molecule has 0 saturated carbocycles. The topological polar surface area (TPSA) is 276 Å². The molecule has 5 fully saturated rings. The second-order valence-corrected chi connectivity index (χ2v) is 36.0. The first-order valence-electron chi connectivity index (χ1n) is 46.7. The summed E-state index contributed by atoms with van der Waals surface area (Å²) in [5.74, 6) is 0.890. The highest BCUT2D eigenvalue weighted by Gasteiger charge is 2.36. The molecule has 0 bridgehead atoms. The summed E-state index contributed by atoms with van der Waals surface area (Å²) in [6, 6.07) is 20.2. The van der Waals surface area contributed by atoms with Gasteiger partial charge in [0.25, 0.3) is 11.5 Å². The molecule has 11 heterocycles. The Morgan fingerprint density at radius 1 is 0.516 bits per heavy atom. The number of benzene rings is 4. The fourth-order valence-electron chi connectivity index (χ4n) is 19.8. The van der Waals surface area contributed by atoms with Crippen LogP contribution in [0.2, 0.25) is 0 Å². The molecule has 4 aromatic carbocycles. The van der Waals surface area contributed by atoms with Crippen LogP contribution in [0.1, 0.15) is 259 Å². The lowest BCUT2D eigenvalue weighted by Gasteiger charge is -2.37. The number of piperidine rings is 1. The molecule has 2 N–H and O–H groups in total. The second-order valence-electron chi connectivity index (χ2n) is 35.2. The Labute approximate surface area is 762 Å². The van der Waals surface area contributed by atoms with Crippen LogP contribution in [-0.2, 0) is 70.1 Å². The summed E-state index contributed by atoms with van der Waals surface area (Å²) in [6.45, 7) is 43.7. The van der Waals surface area contributed by atoms with Crippen molar-refractivity contribution in [3.8, 4) is 0 Å². The summed E-state index contributed by atoms with van der Waals surface area (Å²) in [5, 5.41) is 6.36. The Kier molecular flexibility index (Phi) is 34.1. The van der Waals surface area contributed by atoms with Gasteiger partial charge in [0.05, 0.1) is 49.8 Å². The molecule has 9 aromatic rings. The van der Waals surface area contributed by atoms with Gasteiger partial charge in [-0.05, 0) is 265 Å². The molecule has 0 atom stereocenters. The normalized spacial score (nSPS) is 16.6. The lowest BCUT2D eigenvalue weighted by atomic mass is 9.92. The Bertz CT molecular complexity index is 5400. The number of aromatic amines is 1. The number of furan rings is 4. The smallest absolute Gasteiger partial charge is 0.410 e. The second kappa shape index (κ2) is 44.8. The Hall–Kier alpha value is -9.64. The number of likely N-dealkylation sites (tertiary alicyclic amines) is 1. The minimum Gasteiger partial charge on any atom is -0.465 e. The lowest BCUT2D eigenvalue weighted by Crippen LogP contribution is -2.40. The Morgan fingerprint density at radius 2 is 0.930 bits per heavy atom. The molecule has 6 aliphatic heterocycles. The van der Waals surface area contributed by atoms with Crippen molar-refractivity contribution < 1.29 is 79.5 Å². The quantitative estimate of drug-likeness (QED) is 0.0397. The average Bonchev–Trinajstić information content (AvgIpc) is 1.55. The van der Waals surface area contributed by atoms with E-state index in [1.165, 1.54) is 21.3 Å². The molecule has 6 aliphatic rings. The highest BCUT2D eigenvalue weighted by molar-refractivity contribution is 9.10. The van der Waals surface area contributed by atoms with Crippen molar-refractivity contribution in [2.75, 3.05) is 146 Å². The molecule has 5 saturated heterocycles. The zero-order valence-corrected chi connectivity index (χ0v) is 80.4. The van der Waals surface area contributed by atoms with E-state index >= 15 is 0 Å². The number of pyridine rings is 1. The molecule has 0 radical (unpaired) electrons. The number of hydrogen-bond acceptors (Lipinski definition) is 23. The molecular formula is C101H137BrN8O18. The van der Waals surface area contributed by atoms with Crippen molar-refractivity contribution >= 4 is 118 Å². The third-order valence-electron chi connectivity index (χ3n) is 26.3. The van der Waals surface area contributed by atoms with Crippen LogP contribution in [-0.4, -0.2) is 207 Å². The van der Waals surface area contributed by atoms with Crippen LogP contribution < -0.4 is 30.5 Å². The molecule has 26 nitrogen and oxygen atoms in total. The maximum Gasteiger partial charge on any atom is 0.410 e. The monoisotopic (exact) mass is 1830 g/mol. The van der Waals surface area contributed by atoms with Gasteiger partial charge in [-0.25, -0.2) is 19.2 Å². The summed E-state index contributed by atoms with van der Waals surface area (Å²) >= 11 is 3.38. The minimum absolute atomic E-state index is 0.155. The summed E-state index contributed by atoms with van der Waals surface area (Å²) in [5.41, 5.74) is 16.3. The first-order chi connectivity index (χ1) is 61.7. The van der Waals surface area contributed by atoms with Crippen molar-refractivity contribution in [1.82, 2.24) is 20.1 Å². The SMILES string of the molecule is CCc1c(N(CC)C2CCOCC2)cc2oc(Br)cc2c1C(=O)OC.CCc1c(N(CC)C2CCOCC2)cc2oc(C3=CCN(C(=O)OC(C)(C)C)CC3)cc2c1C(=O)OC.CCc1c(N(CC)C2CCOCC2)cc2oc(C3CCN(C(C)C)CC3)cc2c1C(=O)NCc1c(C)cc(C)[nH]c1=O.CCc1c(N(CC)C2CCOCC2)cc2occc2c1C(=O)OC. The number of aryl methyl sites for hydroxylation is 2. The van der Waals surface area contributed by atoms with Gasteiger partial charge in [-0.2, -0.15) is 0 Å². The fraction of sp³-hybridized carbons (Fsp3) is 0.564. The first-order valence-corrected chi connectivity index (χ1v) is 47.5. The van der Waals surface area contributed by atoms with E-state index in [-0.39, 0.29) is 42.0 Å². The number of fused-ring (bicyclic) bond motifs is 4. The van der Waals surface area contributed by atoms with E-state index < -0.39 is 5.60 Å². The molecule has 696 valence electrons. The first kappa shape index (κ1) is 97.4. The van der Waals surface area contributed by atoms with Crippen LogP contribution in [0.3, 0.4) is 0 Å². The van der Waals surface area contributed by atoms with E-state index in [1.807, 2.05) is 65.0 Å². The molecule has 0 unspecified atom stereocenters. The van der Waals surface area contributed by atoms with Gasteiger partial charge in [0.15, 0.2) is 4.67 Å². The molecular weight excluding hydrogens is 1690 g/mol. The number of nitrogens with one attached hydrogen (secondary N) is 2. The molecule has 0 aliphatic carbocycles. The van der Waals surface area contributed by atoms with Crippen molar-refractivity contribution in [2.45, 2.75) is 248 Å². The van der Waals surface area contributed by atoms with E-state index in [2.05, 4.69) is 150 Å². The van der Waals surface area contributed by atoms with Crippen LogP contribution in [0, 0.1) is 13.8 Å². The van der Waals surface area contributed by atoms with E-state index in [1.54, 1.807) is 11.2 Å². The standard InChI is InChI=1S/C34H48N4O4.C29H40N2O6.C19H24BrNO4.C19H25NO4/c1-7-26-29(38(8-2)25-11-15-41-16-12-25)19-31-27(18-30(42-31)24-9-13-37(14-10-24)21(3)4)32(26)34(40)35-20-28-22(5)17-23(6)36-33(28)39;1-7-21-23(31(8-2)20-11-15-35-16-12-20)18-25-22(26(21)27(32)34-6)17-24(36-25)19-9-13-30(14-10-19)28(33)37-29(3,4)5;1-4-13-15(21(5-2)12-6-8-24-9-7-12)11-16-14(10-17(20)25-16)18(13)19(22)23-3;1-4-14-16(20(5-2)13-6-9-23-10-7-13)12-17-15(8-11-24-17)18(14)19(21)22-3/h17-19,21,24-25H,7-16,20H2,1-6H3,(H,35,40)(H,36,39);9,17-18,20H,7-8,10-16H2,1-6H3;10-12H,4-9H2,1-3H3;8,11-13H,4-7,9-10H2,1-3H3. The summed E-state index contributed by atoms with van der Waals surface area (Å²) in [7, 11) is 4.27. The van der Waals surface area contributed by atoms with Gasteiger partial charge in [-0.3, -0.25) is 9.59 Å². The van der Waals surface area contributed by atoms with Crippen LogP contribution in [0.4, 0.5) is 27.5 Å². The summed E-state index contributed by atoms with van der Waals surface area (Å²) < 4.78 is 68.2. The number of halogens is 1.